The topological polar surface area (TPSA) is 20.2 Å². The zero-order chi connectivity index (χ0) is 17.7. The van der Waals surface area contributed by atoms with E-state index in [4.69, 9.17) is 0 Å². The molecule has 0 aliphatic heterocycles. The van der Waals surface area contributed by atoms with Crippen LogP contribution in [0.15, 0.2) is 66.7 Å². The van der Waals surface area contributed by atoms with E-state index in [1.807, 2.05) is 72.1 Å². The van der Waals surface area contributed by atoms with Crippen LogP contribution in [0.5, 0.6) is 0 Å². The number of benzene rings is 2. The van der Waals surface area contributed by atoms with Crippen LogP contribution in [0.1, 0.15) is 36.1 Å². The van der Waals surface area contributed by atoms with Gasteiger partial charge in [0.15, 0.2) is 0 Å². The lowest BCUT2D eigenvalue weighted by Gasteiger charge is -2.21. The molecule has 0 heterocycles. The van der Waals surface area contributed by atoms with Crippen LogP contribution in [0.4, 0.5) is 0 Å². The standard InChI is InChI=1S/C22H28OS2/c1-2-3-16-24-17-18-25-22(20-12-8-5-9-13-20)21(23)15-14-19-10-6-4-7-11-19/h4-15,21-23H,2-3,16-18H2,1H3/b15-14+. The molecule has 0 amide bonds. The Morgan fingerprint density at radius 1 is 0.920 bits per heavy atom. The molecular formula is C22H28OS2. The molecule has 1 N–H and O–H groups in total. The predicted octanol–water partition coefficient (Wildman–Crippen LogP) is 6.07. The minimum Gasteiger partial charge on any atom is -0.388 e. The van der Waals surface area contributed by atoms with E-state index in [0.29, 0.717) is 0 Å². The fraction of sp³-hybridized carbons (Fsp3) is 0.364. The summed E-state index contributed by atoms with van der Waals surface area (Å²) in [5.74, 6) is 3.44. The molecule has 2 unspecified atom stereocenters. The first-order valence-electron chi connectivity index (χ1n) is 8.97. The van der Waals surface area contributed by atoms with E-state index < -0.39 is 6.10 Å². The van der Waals surface area contributed by atoms with E-state index in [2.05, 4.69) is 31.2 Å². The molecule has 134 valence electrons. The van der Waals surface area contributed by atoms with E-state index >= 15 is 0 Å². The molecule has 0 bridgehead atoms. The van der Waals surface area contributed by atoms with Crippen LogP contribution in [0.2, 0.25) is 0 Å². The molecule has 0 aliphatic rings. The quantitative estimate of drug-likeness (QED) is 0.484. The molecule has 0 saturated carbocycles. The second-order valence-corrected chi connectivity index (χ2v) is 8.40. The van der Waals surface area contributed by atoms with Crippen molar-refractivity contribution in [3.8, 4) is 0 Å². The number of hydrogen-bond donors (Lipinski definition) is 1. The Morgan fingerprint density at radius 3 is 2.28 bits per heavy atom. The van der Waals surface area contributed by atoms with Crippen molar-refractivity contribution >= 4 is 29.6 Å². The summed E-state index contributed by atoms with van der Waals surface area (Å²) in [6, 6.07) is 20.5. The lowest BCUT2D eigenvalue weighted by molar-refractivity contribution is 0.221. The molecule has 2 aromatic rings. The average Bonchev–Trinajstić information content (AvgIpc) is 2.67. The van der Waals surface area contributed by atoms with Gasteiger partial charge >= 0.3 is 0 Å². The van der Waals surface area contributed by atoms with Crippen molar-refractivity contribution in [2.24, 2.45) is 0 Å². The first-order valence-corrected chi connectivity index (χ1v) is 11.2. The molecule has 25 heavy (non-hydrogen) atoms. The smallest absolute Gasteiger partial charge is 0.0883 e. The first-order chi connectivity index (χ1) is 12.3. The van der Waals surface area contributed by atoms with Gasteiger partial charge in [-0.05, 0) is 23.3 Å². The van der Waals surface area contributed by atoms with Crippen LogP contribution in [0, 0.1) is 0 Å². The van der Waals surface area contributed by atoms with Gasteiger partial charge in [-0.15, -0.1) is 11.8 Å². The Balaban J connectivity index is 1.95. The van der Waals surface area contributed by atoms with Gasteiger partial charge in [0.05, 0.1) is 11.4 Å². The van der Waals surface area contributed by atoms with Gasteiger partial charge in [0.2, 0.25) is 0 Å². The number of unbranched alkanes of at least 4 members (excludes halogenated alkanes) is 1. The van der Waals surface area contributed by atoms with Gasteiger partial charge in [-0.25, -0.2) is 0 Å². The van der Waals surface area contributed by atoms with Crippen LogP contribution < -0.4 is 0 Å². The second kappa shape index (κ2) is 12.2. The molecule has 3 heteroatoms. The molecule has 0 saturated heterocycles. The predicted molar refractivity (Wildman–Crippen MR) is 115 cm³/mol. The van der Waals surface area contributed by atoms with Crippen molar-refractivity contribution < 1.29 is 5.11 Å². The van der Waals surface area contributed by atoms with E-state index in [9.17, 15) is 5.11 Å². The van der Waals surface area contributed by atoms with E-state index in [0.717, 1.165) is 17.1 Å². The van der Waals surface area contributed by atoms with Crippen LogP contribution in [-0.2, 0) is 0 Å². The average molecular weight is 373 g/mol. The summed E-state index contributed by atoms with van der Waals surface area (Å²) in [6.45, 7) is 2.23. The summed E-state index contributed by atoms with van der Waals surface area (Å²) in [5.41, 5.74) is 2.31. The summed E-state index contributed by atoms with van der Waals surface area (Å²) in [6.07, 6.45) is 5.99. The minimum absolute atomic E-state index is 0.0768. The lowest BCUT2D eigenvalue weighted by atomic mass is 10.1. The zero-order valence-corrected chi connectivity index (χ0v) is 16.5. The third-order valence-corrected chi connectivity index (χ3v) is 6.57. The molecule has 2 rings (SSSR count). The number of hydrogen-bond acceptors (Lipinski definition) is 3. The minimum atomic E-state index is -0.492. The Morgan fingerprint density at radius 2 is 1.60 bits per heavy atom. The summed E-state index contributed by atoms with van der Waals surface area (Å²) in [4.78, 5) is 0. The zero-order valence-electron chi connectivity index (χ0n) is 14.9. The van der Waals surface area contributed by atoms with Gasteiger partial charge in [-0.3, -0.25) is 0 Å². The highest BCUT2D eigenvalue weighted by Gasteiger charge is 2.19. The van der Waals surface area contributed by atoms with Gasteiger partial charge in [0.25, 0.3) is 0 Å². The van der Waals surface area contributed by atoms with E-state index in [1.165, 1.54) is 24.2 Å². The van der Waals surface area contributed by atoms with Crippen molar-refractivity contribution in [3.05, 3.63) is 77.9 Å². The fourth-order valence-electron chi connectivity index (χ4n) is 2.49. The Kier molecular flexibility index (Phi) is 9.86. The molecule has 0 fully saturated rings. The van der Waals surface area contributed by atoms with E-state index in [-0.39, 0.29) is 5.25 Å². The Hall–Kier alpha value is -1.16. The van der Waals surface area contributed by atoms with Crippen molar-refractivity contribution in [1.29, 1.82) is 0 Å². The van der Waals surface area contributed by atoms with Crippen molar-refractivity contribution in [2.45, 2.75) is 31.1 Å². The van der Waals surface area contributed by atoms with Gasteiger partial charge < -0.3 is 5.11 Å². The highest BCUT2D eigenvalue weighted by atomic mass is 32.2. The number of aliphatic hydroxyl groups is 1. The Bertz CT molecular complexity index is 598. The monoisotopic (exact) mass is 372 g/mol. The van der Waals surface area contributed by atoms with Crippen LogP contribution in [0.3, 0.4) is 0 Å². The SMILES string of the molecule is CCCCSCCSC(c1ccccc1)C(O)/C=C/c1ccccc1. The number of rotatable bonds is 11. The van der Waals surface area contributed by atoms with Crippen molar-refractivity contribution in [1.82, 2.24) is 0 Å². The molecule has 0 aromatic heterocycles. The van der Waals surface area contributed by atoms with Crippen LogP contribution in [-0.4, -0.2) is 28.5 Å². The highest BCUT2D eigenvalue weighted by molar-refractivity contribution is 8.03. The normalized spacial score (nSPS) is 13.8. The summed E-state index contributed by atoms with van der Waals surface area (Å²) in [5, 5.41) is 10.8. The van der Waals surface area contributed by atoms with Crippen molar-refractivity contribution in [2.75, 3.05) is 17.3 Å². The maximum Gasteiger partial charge on any atom is 0.0883 e. The second-order valence-electron chi connectivity index (χ2n) is 5.93. The maximum atomic E-state index is 10.8. The Labute approximate surface area is 160 Å². The van der Waals surface area contributed by atoms with Gasteiger partial charge in [-0.2, -0.15) is 11.8 Å². The summed E-state index contributed by atoms with van der Waals surface area (Å²) >= 11 is 3.87. The largest absolute Gasteiger partial charge is 0.388 e. The van der Waals surface area contributed by atoms with Crippen molar-refractivity contribution in [3.63, 3.8) is 0 Å². The highest BCUT2D eigenvalue weighted by Crippen LogP contribution is 2.33. The molecule has 0 spiro atoms. The molecule has 2 atom stereocenters. The van der Waals surface area contributed by atoms with Crippen LogP contribution in [0.25, 0.3) is 6.08 Å². The molecular weight excluding hydrogens is 344 g/mol. The lowest BCUT2D eigenvalue weighted by Crippen LogP contribution is -2.14. The molecule has 1 nitrogen and oxygen atoms in total. The third kappa shape index (κ3) is 7.72. The molecule has 2 aromatic carbocycles. The van der Waals surface area contributed by atoms with Gasteiger partial charge in [0, 0.05) is 11.5 Å². The van der Waals surface area contributed by atoms with Gasteiger partial charge in [0.1, 0.15) is 0 Å². The summed E-state index contributed by atoms with van der Waals surface area (Å²) in [7, 11) is 0. The molecule has 0 aliphatic carbocycles. The molecule has 0 radical (unpaired) electrons. The summed E-state index contributed by atoms with van der Waals surface area (Å²) < 4.78 is 0. The first kappa shape index (κ1) is 20.2. The van der Waals surface area contributed by atoms with E-state index in [1.54, 1.807) is 0 Å². The number of thioether (sulfide) groups is 2. The van der Waals surface area contributed by atoms with Gasteiger partial charge in [-0.1, -0.05) is 86.2 Å². The fourth-order valence-corrected chi connectivity index (χ4v) is 4.94. The van der Waals surface area contributed by atoms with Crippen LogP contribution >= 0.6 is 23.5 Å². The number of aliphatic hydroxyl groups excluding tert-OH is 1. The third-order valence-electron chi connectivity index (χ3n) is 3.89. The maximum absolute atomic E-state index is 10.8.